The van der Waals surface area contributed by atoms with Crippen molar-refractivity contribution in [2.45, 2.75) is 0 Å². The highest BCUT2D eigenvalue weighted by molar-refractivity contribution is 6.20. The van der Waals surface area contributed by atoms with Gasteiger partial charge in [-0.25, -0.2) is 0 Å². The van der Waals surface area contributed by atoms with E-state index in [1.165, 1.54) is 60.1 Å². The van der Waals surface area contributed by atoms with E-state index in [-0.39, 0.29) is 0 Å². The molecule has 0 saturated carbocycles. The Bertz CT molecular complexity index is 2740. The Kier molecular flexibility index (Phi) is 4.45. The van der Waals surface area contributed by atoms with Gasteiger partial charge in [-0.15, -0.1) is 0 Å². The Morgan fingerprint density at radius 3 is 1.77 bits per heavy atom. The van der Waals surface area contributed by atoms with Crippen molar-refractivity contribution in [2.24, 2.45) is 0 Å². The minimum Gasteiger partial charge on any atom is -0.456 e. The summed E-state index contributed by atoms with van der Waals surface area (Å²) in [5, 5.41) is 9.72. The second-order valence-corrected chi connectivity index (χ2v) is 11.4. The van der Waals surface area contributed by atoms with Crippen LogP contribution < -0.4 is 0 Å². The van der Waals surface area contributed by atoms with Gasteiger partial charge in [0.15, 0.2) is 0 Å². The van der Waals surface area contributed by atoms with Crippen molar-refractivity contribution in [1.82, 2.24) is 9.13 Å². The quantitative estimate of drug-likeness (QED) is 0.211. The van der Waals surface area contributed by atoms with Crippen LogP contribution in [0.2, 0.25) is 0 Å². The van der Waals surface area contributed by atoms with E-state index in [4.69, 9.17) is 4.42 Å². The van der Waals surface area contributed by atoms with E-state index in [0.29, 0.717) is 0 Å². The summed E-state index contributed by atoms with van der Waals surface area (Å²) >= 11 is 0. The molecule has 3 heterocycles. The number of aromatic nitrogens is 2. The molecule has 0 aliphatic carbocycles. The summed E-state index contributed by atoms with van der Waals surface area (Å²) in [6.45, 7) is 0. The molecule has 3 heteroatoms. The third-order valence-corrected chi connectivity index (χ3v) is 9.08. The average molecular weight is 549 g/mol. The predicted octanol–water partition coefficient (Wildman–Crippen LogP) is 10.9. The molecule has 0 radical (unpaired) electrons. The maximum absolute atomic E-state index is 6.31. The van der Waals surface area contributed by atoms with E-state index >= 15 is 0 Å². The maximum Gasteiger partial charge on any atom is 0.137 e. The van der Waals surface area contributed by atoms with E-state index in [2.05, 4.69) is 149 Å². The first-order valence-electron chi connectivity index (χ1n) is 14.7. The zero-order valence-corrected chi connectivity index (χ0v) is 23.2. The first kappa shape index (κ1) is 22.8. The lowest BCUT2D eigenvalue weighted by molar-refractivity contribution is 0.669. The number of furan rings is 1. The topological polar surface area (TPSA) is 23.0 Å². The van der Waals surface area contributed by atoms with Gasteiger partial charge in [-0.1, -0.05) is 91.0 Å². The highest BCUT2D eigenvalue weighted by Crippen LogP contribution is 2.42. The minimum atomic E-state index is 0.901. The first-order valence-corrected chi connectivity index (χ1v) is 14.7. The van der Waals surface area contributed by atoms with Gasteiger partial charge >= 0.3 is 0 Å². The fourth-order valence-corrected chi connectivity index (χ4v) is 7.23. The van der Waals surface area contributed by atoms with Gasteiger partial charge in [-0.05, 0) is 65.4 Å². The molecule has 0 N–H and O–H groups in total. The number of fused-ring (bicyclic) bond motifs is 10. The minimum absolute atomic E-state index is 0.901. The molecule has 0 atom stereocenters. The summed E-state index contributed by atoms with van der Waals surface area (Å²) in [6, 6.07) is 52.4. The Labute approximate surface area is 246 Å². The highest BCUT2D eigenvalue weighted by atomic mass is 16.3. The fourth-order valence-electron chi connectivity index (χ4n) is 7.23. The van der Waals surface area contributed by atoms with Crippen LogP contribution in [0, 0.1) is 0 Å². The fraction of sp³-hybridized carbons (Fsp3) is 0. The number of hydrogen-bond acceptors (Lipinski definition) is 1. The van der Waals surface area contributed by atoms with E-state index < -0.39 is 0 Å². The molecule has 0 bridgehead atoms. The number of nitrogens with zero attached hydrogens (tertiary/aromatic N) is 2. The third kappa shape index (κ3) is 3.08. The zero-order chi connectivity index (χ0) is 28.1. The van der Waals surface area contributed by atoms with Crippen LogP contribution in [-0.2, 0) is 0 Å². The molecule has 7 aromatic carbocycles. The van der Waals surface area contributed by atoms with Gasteiger partial charge in [0.1, 0.15) is 11.2 Å². The molecule has 3 nitrogen and oxygen atoms in total. The van der Waals surface area contributed by atoms with Gasteiger partial charge in [-0.3, -0.25) is 0 Å². The molecule has 0 spiro atoms. The van der Waals surface area contributed by atoms with Gasteiger partial charge in [0.05, 0.1) is 33.1 Å². The molecule has 0 unspecified atom stereocenters. The average Bonchev–Trinajstić information content (AvgIpc) is 3.71. The second kappa shape index (κ2) is 8.37. The summed E-state index contributed by atoms with van der Waals surface area (Å²) in [6.07, 6.45) is 0. The van der Waals surface area contributed by atoms with Gasteiger partial charge < -0.3 is 13.6 Å². The number of benzene rings is 7. The van der Waals surface area contributed by atoms with E-state index in [1.807, 2.05) is 6.07 Å². The summed E-state index contributed by atoms with van der Waals surface area (Å²) < 4.78 is 11.2. The molecule has 0 aliphatic heterocycles. The summed E-state index contributed by atoms with van der Waals surface area (Å²) in [5.74, 6) is 0. The Balaban J connectivity index is 1.36. The van der Waals surface area contributed by atoms with Crippen LogP contribution in [0.4, 0.5) is 0 Å². The molecule has 0 amide bonds. The van der Waals surface area contributed by atoms with Gasteiger partial charge in [0.25, 0.3) is 0 Å². The standard InChI is InChI=1S/C40H24N2O/c1-2-11-26-22-27(21-20-25(26)10-1)41-33-15-6-3-12-28(33)31-24-37-32(23-36(31)41)29-13-4-7-16-34(29)42(37)35-17-9-19-39-40(35)30-14-5-8-18-38(30)43-39/h1-24H. The number of hydrogen-bond donors (Lipinski definition) is 0. The van der Waals surface area contributed by atoms with Crippen LogP contribution in [-0.4, -0.2) is 9.13 Å². The van der Waals surface area contributed by atoms with Crippen LogP contribution in [0.1, 0.15) is 0 Å². The van der Waals surface area contributed by atoms with Crippen molar-refractivity contribution in [3.8, 4) is 11.4 Å². The van der Waals surface area contributed by atoms with Gasteiger partial charge in [-0.2, -0.15) is 0 Å². The Morgan fingerprint density at radius 2 is 0.977 bits per heavy atom. The van der Waals surface area contributed by atoms with Crippen molar-refractivity contribution in [1.29, 1.82) is 0 Å². The van der Waals surface area contributed by atoms with Crippen molar-refractivity contribution in [3.63, 3.8) is 0 Å². The van der Waals surface area contributed by atoms with Crippen LogP contribution in [0.15, 0.2) is 150 Å². The molecule has 0 aliphatic rings. The van der Waals surface area contributed by atoms with Crippen LogP contribution >= 0.6 is 0 Å². The largest absolute Gasteiger partial charge is 0.456 e. The van der Waals surface area contributed by atoms with E-state index in [9.17, 15) is 0 Å². The van der Waals surface area contributed by atoms with Gasteiger partial charge in [0, 0.05) is 32.6 Å². The lowest BCUT2D eigenvalue weighted by atomic mass is 10.1. The van der Waals surface area contributed by atoms with Crippen LogP contribution in [0.5, 0.6) is 0 Å². The summed E-state index contributed by atoms with van der Waals surface area (Å²) in [7, 11) is 0. The number of rotatable bonds is 2. The normalized spacial score (nSPS) is 12.2. The van der Waals surface area contributed by atoms with Crippen molar-refractivity contribution < 1.29 is 4.42 Å². The summed E-state index contributed by atoms with van der Waals surface area (Å²) in [4.78, 5) is 0. The lowest BCUT2D eigenvalue weighted by Crippen LogP contribution is -1.95. The molecular formula is C40H24N2O. The van der Waals surface area contributed by atoms with Crippen LogP contribution in [0.3, 0.4) is 0 Å². The molecule has 43 heavy (non-hydrogen) atoms. The molecule has 10 rings (SSSR count). The van der Waals surface area contributed by atoms with Crippen LogP contribution in [0.25, 0.3) is 87.7 Å². The SMILES string of the molecule is c1ccc2cc(-n3c4ccccc4c4cc5c(cc43)c3ccccc3n5-c3cccc4oc5ccccc5c34)ccc2c1. The monoisotopic (exact) mass is 548 g/mol. The second-order valence-electron chi connectivity index (χ2n) is 11.4. The first-order chi connectivity index (χ1) is 21.3. The smallest absolute Gasteiger partial charge is 0.137 e. The third-order valence-electron chi connectivity index (χ3n) is 9.08. The number of para-hydroxylation sites is 3. The Hall–Kier alpha value is -5.80. The van der Waals surface area contributed by atoms with Gasteiger partial charge in [0.2, 0.25) is 0 Å². The summed E-state index contributed by atoms with van der Waals surface area (Å²) in [5.41, 5.74) is 8.90. The lowest BCUT2D eigenvalue weighted by Gasteiger charge is -2.11. The molecule has 200 valence electrons. The van der Waals surface area contributed by atoms with Crippen molar-refractivity contribution >= 4 is 76.3 Å². The van der Waals surface area contributed by atoms with Crippen molar-refractivity contribution in [2.75, 3.05) is 0 Å². The highest BCUT2D eigenvalue weighted by Gasteiger charge is 2.20. The zero-order valence-electron chi connectivity index (χ0n) is 23.2. The van der Waals surface area contributed by atoms with Crippen molar-refractivity contribution in [3.05, 3.63) is 146 Å². The molecule has 0 saturated heterocycles. The molecular weight excluding hydrogens is 524 g/mol. The molecule has 3 aromatic heterocycles. The van der Waals surface area contributed by atoms with E-state index in [1.54, 1.807) is 0 Å². The maximum atomic E-state index is 6.31. The molecule has 0 fully saturated rings. The predicted molar refractivity (Wildman–Crippen MR) is 180 cm³/mol. The Morgan fingerprint density at radius 1 is 0.372 bits per heavy atom. The molecule has 10 aromatic rings. The van der Waals surface area contributed by atoms with E-state index in [0.717, 1.165) is 27.6 Å².